The van der Waals surface area contributed by atoms with E-state index in [0.717, 1.165) is 24.9 Å². The first-order valence-electron chi connectivity index (χ1n) is 8.08. The van der Waals surface area contributed by atoms with Crippen LogP contribution in [0, 0.1) is 11.8 Å². The SMILES string of the molecule is Cn1ccnc1CN1C[C@H]2CN(Cc3cccnc3)C[C@H]2C1. The van der Waals surface area contributed by atoms with Crippen LogP contribution in [0.15, 0.2) is 36.9 Å². The Kier molecular flexibility index (Phi) is 3.68. The molecule has 0 saturated carbocycles. The lowest BCUT2D eigenvalue weighted by Gasteiger charge is -2.21. The summed E-state index contributed by atoms with van der Waals surface area (Å²) >= 11 is 0. The van der Waals surface area contributed by atoms with Crippen molar-refractivity contribution in [3.05, 3.63) is 48.3 Å². The zero-order valence-corrected chi connectivity index (χ0v) is 13.1. The number of hydrogen-bond donors (Lipinski definition) is 0. The normalized spacial score (nSPS) is 25.7. The van der Waals surface area contributed by atoms with Crippen LogP contribution >= 0.6 is 0 Å². The van der Waals surface area contributed by atoms with Gasteiger partial charge >= 0.3 is 0 Å². The standard InChI is InChI=1S/C17H23N5/c1-20-6-5-19-17(20)13-22-11-15-9-21(10-16(15)12-22)8-14-3-2-4-18-7-14/h2-7,15-16H,8-13H2,1H3/t15-,16+. The summed E-state index contributed by atoms with van der Waals surface area (Å²) in [6.07, 6.45) is 7.75. The molecule has 2 aromatic heterocycles. The molecule has 0 amide bonds. The molecular formula is C17H23N5. The van der Waals surface area contributed by atoms with E-state index in [4.69, 9.17) is 0 Å². The van der Waals surface area contributed by atoms with Crippen LogP contribution < -0.4 is 0 Å². The summed E-state index contributed by atoms with van der Waals surface area (Å²) in [7, 11) is 2.08. The molecule has 5 nitrogen and oxygen atoms in total. The largest absolute Gasteiger partial charge is 0.337 e. The molecule has 116 valence electrons. The molecule has 2 saturated heterocycles. The molecule has 22 heavy (non-hydrogen) atoms. The molecule has 2 aliphatic heterocycles. The Hall–Kier alpha value is -1.72. The lowest BCUT2D eigenvalue weighted by Crippen LogP contribution is -2.29. The quantitative estimate of drug-likeness (QED) is 0.854. The van der Waals surface area contributed by atoms with Gasteiger partial charge in [-0.15, -0.1) is 0 Å². The van der Waals surface area contributed by atoms with Crippen molar-refractivity contribution < 1.29 is 0 Å². The maximum atomic E-state index is 4.45. The molecule has 0 unspecified atom stereocenters. The lowest BCUT2D eigenvalue weighted by atomic mass is 10.0. The molecule has 2 aromatic rings. The average Bonchev–Trinajstić information content (AvgIpc) is 3.16. The second kappa shape index (κ2) is 5.82. The van der Waals surface area contributed by atoms with Crippen molar-refractivity contribution in [1.82, 2.24) is 24.3 Å². The van der Waals surface area contributed by atoms with Crippen LogP contribution in [0.3, 0.4) is 0 Å². The molecule has 4 rings (SSSR count). The fraction of sp³-hybridized carbons (Fsp3) is 0.529. The number of nitrogens with zero attached hydrogens (tertiary/aromatic N) is 5. The number of likely N-dealkylation sites (tertiary alicyclic amines) is 2. The van der Waals surface area contributed by atoms with Gasteiger partial charge in [-0.2, -0.15) is 0 Å². The van der Waals surface area contributed by atoms with E-state index >= 15 is 0 Å². The first kappa shape index (κ1) is 13.9. The van der Waals surface area contributed by atoms with E-state index in [1.165, 1.54) is 37.6 Å². The number of fused-ring (bicyclic) bond motifs is 1. The van der Waals surface area contributed by atoms with Gasteiger partial charge in [0.15, 0.2) is 0 Å². The van der Waals surface area contributed by atoms with E-state index in [1.54, 1.807) is 0 Å². The van der Waals surface area contributed by atoms with Gasteiger partial charge in [0.05, 0.1) is 6.54 Å². The monoisotopic (exact) mass is 297 g/mol. The Morgan fingerprint density at radius 3 is 2.36 bits per heavy atom. The van der Waals surface area contributed by atoms with Crippen molar-refractivity contribution in [2.24, 2.45) is 18.9 Å². The van der Waals surface area contributed by atoms with Gasteiger partial charge in [0.1, 0.15) is 5.82 Å². The molecule has 2 fully saturated rings. The Labute approximate surface area is 131 Å². The molecule has 0 spiro atoms. The zero-order valence-electron chi connectivity index (χ0n) is 13.1. The Bertz CT molecular complexity index is 609. The molecule has 0 aliphatic carbocycles. The first-order chi connectivity index (χ1) is 10.8. The number of rotatable bonds is 4. The van der Waals surface area contributed by atoms with Gasteiger partial charge in [-0.3, -0.25) is 14.8 Å². The zero-order chi connectivity index (χ0) is 14.9. The topological polar surface area (TPSA) is 37.2 Å². The third-order valence-electron chi connectivity index (χ3n) is 5.05. The summed E-state index contributed by atoms with van der Waals surface area (Å²) in [5.74, 6) is 2.81. The number of hydrogen-bond acceptors (Lipinski definition) is 4. The van der Waals surface area contributed by atoms with Crippen molar-refractivity contribution in [3.63, 3.8) is 0 Å². The maximum Gasteiger partial charge on any atom is 0.122 e. The highest BCUT2D eigenvalue weighted by Gasteiger charge is 2.39. The van der Waals surface area contributed by atoms with E-state index in [-0.39, 0.29) is 0 Å². The van der Waals surface area contributed by atoms with E-state index in [0.29, 0.717) is 0 Å². The van der Waals surface area contributed by atoms with Crippen LogP contribution in [0.4, 0.5) is 0 Å². The van der Waals surface area contributed by atoms with Crippen LogP contribution in [0.5, 0.6) is 0 Å². The lowest BCUT2D eigenvalue weighted by molar-refractivity contribution is 0.241. The van der Waals surface area contributed by atoms with E-state index in [1.807, 2.05) is 30.9 Å². The summed E-state index contributed by atoms with van der Waals surface area (Å²) in [6.45, 7) is 6.88. The molecule has 0 aromatic carbocycles. The fourth-order valence-electron chi connectivity index (χ4n) is 3.94. The van der Waals surface area contributed by atoms with Gasteiger partial charge in [0.2, 0.25) is 0 Å². The third-order valence-corrected chi connectivity index (χ3v) is 5.05. The predicted molar refractivity (Wildman–Crippen MR) is 85.0 cm³/mol. The molecular weight excluding hydrogens is 274 g/mol. The van der Waals surface area contributed by atoms with Gasteiger partial charge in [0.25, 0.3) is 0 Å². The number of aryl methyl sites for hydroxylation is 1. The first-order valence-corrected chi connectivity index (χ1v) is 8.08. The van der Waals surface area contributed by atoms with Crippen LogP contribution in [-0.4, -0.2) is 50.5 Å². The van der Waals surface area contributed by atoms with Gasteiger partial charge in [-0.1, -0.05) is 6.07 Å². The summed E-state index contributed by atoms with van der Waals surface area (Å²) in [4.78, 5) is 13.8. The van der Waals surface area contributed by atoms with Crippen molar-refractivity contribution in [1.29, 1.82) is 0 Å². The van der Waals surface area contributed by atoms with E-state index in [2.05, 4.69) is 37.4 Å². The summed E-state index contributed by atoms with van der Waals surface area (Å²) in [5, 5.41) is 0. The smallest absolute Gasteiger partial charge is 0.122 e. The minimum Gasteiger partial charge on any atom is -0.337 e. The van der Waals surface area contributed by atoms with Crippen LogP contribution in [0.25, 0.3) is 0 Å². The van der Waals surface area contributed by atoms with E-state index in [9.17, 15) is 0 Å². The number of pyridine rings is 1. The number of aromatic nitrogens is 3. The molecule has 0 N–H and O–H groups in total. The van der Waals surface area contributed by atoms with Gasteiger partial charge in [0, 0.05) is 64.6 Å². The summed E-state index contributed by atoms with van der Waals surface area (Å²) < 4.78 is 2.13. The fourth-order valence-corrected chi connectivity index (χ4v) is 3.94. The highest BCUT2D eigenvalue weighted by atomic mass is 15.2. The molecule has 4 heterocycles. The summed E-state index contributed by atoms with van der Waals surface area (Å²) in [6, 6.07) is 4.20. The highest BCUT2D eigenvalue weighted by molar-refractivity contribution is 5.09. The molecule has 5 heteroatoms. The molecule has 0 bridgehead atoms. The second-order valence-corrected chi connectivity index (χ2v) is 6.72. The van der Waals surface area contributed by atoms with Crippen molar-refractivity contribution in [2.45, 2.75) is 13.1 Å². The van der Waals surface area contributed by atoms with Gasteiger partial charge < -0.3 is 4.57 Å². The van der Waals surface area contributed by atoms with E-state index < -0.39 is 0 Å². The van der Waals surface area contributed by atoms with Gasteiger partial charge in [-0.05, 0) is 23.5 Å². The predicted octanol–water partition coefficient (Wildman–Crippen LogP) is 1.38. The van der Waals surface area contributed by atoms with Crippen LogP contribution in [0.1, 0.15) is 11.4 Å². The van der Waals surface area contributed by atoms with Gasteiger partial charge in [-0.25, -0.2) is 4.98 Å². The molecule has 2 aliphatic rings. The van der Waals surface area contributed by atoms with Crippen LogP contribution in [-0.2, 0) is 20.1 Å². The minimum absolute atomic E-state index is 0.817. The van der Waals surface area contributed by atoms with Crippen molar-refractivity contribution in [2.75, 3.05) is 26.2 Å². The Balaban J connectivity index is 1.32. The maximum absolute atomic E-state index is 4.45. The van der Waals surface area contributed by atoms with Crippen molar-refractivity contribution >= 4 is 0 Å². The van der Waals surface area contributed by atoms with Crippen molar-refractivity contribution in [3.8, 4) is 0 Å². The number of imidazole rings is 1. The third kappa shape index (κ3) is 2.78. The minimum atomic E-state index is 0.817. The average molecular weight is 297 g/mol. The molecule has 2 atom stereocenters. The Morgan fingerprint density at radius 2 is 1.77 bits per heavy atom. The van der Waals surface area contributed by atoms with Crippen LogP contribution in [0.2, 0.25) is 0 Å². The summed E-state index contributed by atoms with van der Waals surface area (Å²) in [5.41, 5.74) is 1.33. The Morgan fingerprint density at radius 1 is 1.05 bits per heavy atom. The molecule has 0 radical (unpaired) electrons. The highest BCUT2D eigenvalue weighted by Crippen LogP contribution is 2.32. The second-order valence-electron chi connectivity index (χ2n) is 6.72.